The molecule has 0 saturated carbocycles. The summed E-state index contributed by atoms with van der Waals surface area (Å²) >= 11 is 4.86. The molecule has 0 fully saturated rings. The van der Waals surface area contributed by atoms with Crippen molar-refractivity contribution in [2.75, 3.05) is 19.7 Å². The number of nitrogens with two attached hydrogens (primary N) is 1. The summed E-state index contributed by atoms with van der Waals surface area (Å²) in [7, 11) is -3.43. The van der Waals surface area contributed by atoms with Gasteiger partial charge in [-0.25, -0.2) is 8.42 Å². The van der Waals surface area contributed by atoms with E-state index in [4.69, 9.17) is 23.1 Å². The molecule has 0 radical (unpaired) electrons. The molecule has 0 aromatic heterocycles. The third-order valence-corrected chi connectivity index (χ3v) is 5.18. The van der Waals surface area contributed by atoms with Gasteiger partial charge in [-0.15, -0.1) is 0 Å². The van der Waals surface area contributed by atoms with Gasteiger partial charge in [0, 0.05) is 18.7 Å². The van der Waals surface area contributed by atoms with Gasteiger partial charge >= 0.3 is 0 Å². The molecule has 1 aromatic rings. The van der Waals surface area contributed by atoms with Crippen molar-refractivity contribution in [1.29, 1.82) is 0 Å². The number of aliphatic hydroxyl groups excluding tert-OH is 1. The van der Waals surface area contributed by atoms with Crippen molar-refractivity contribution in [1.82, 2.24) is 4.31 Å². The average Bonchev–Trinajstić information content (AvgIpc) is 2.43. The number of hydrogen-bond donors (Lipinski definition) is 2. The summed E-state index contributed by atoms with van der Waals surface area (Å²) in [5.74, 6) is -0.0890. The molecule has 118 valence electrons. The van der Waals surface area contributed by atoms with Crippen LogP contribution in [0.1, 0.15) is 30.9 Å². The first kappa shape index (κ1) is 18.0. The van der Waals surface area contributed by atoms with E-state index < -0.39 is 10.0 Å². The molecule has 0 aliphatic carbocycles. The smallest absolute Gasteiger partial charge is 0.218 e. The Labute approximate surface area is 131 Å². The summed E-state index contributed by atoms with van der Waals surface area (Å²) in [6.45, 7) is 2.39. The molecule has 0 aliphatic rings. The largest absolute Gasteiger partial charge is 0.395 e. The first-order valence-corrected chi connectivity index (χ1v) is 8.90. The van der Waals surface area contributed by atoms with Gasteiger partial charge < -0.3 is 10.8 Å². The first-order valence-electron chi connectivity index (χ1n) is 6.88. The van der Waals surface area contributed by atoms with E-state index in [1.807, 2.05) is 6.92 Å². The maximum Gasteiger partial charge on any atom is 0.218 e. The maximum absolute atomic E-state index is 12.4. The number of thiocarbonyl (C=S) groups is 1. The van der Waals surface area contributed by atoms with Crippen molar-refractivity contribution in [3.63, 3.8) is 0 Å². The molecule has 0 unspecified atom stereocenters. The fourth-order valence-corrected chi connectivity index (χ4v) is 3.60. The summed E-state index contributed by atoms with van der Waals surface area (Å²) in [4.78, 5) is 0.286. The minimum absolute atomic E-state index is 0.0890. The third-order valence-electron chi connectivity index (χ3n) is 3.09. The van der Waals surface area contributed by atoms with Crippen LogP contribution in [0.25, 0.3) is 0 Å². The molecular formula is C14H22N2O3S2. The van der Waals surface area contributed by atoms with E-state index >= 15 is 0 Å². The first-order chi connectivity index (χ1) is 9.90. The maximum atomic E-state index is 12.4. The molecule has 1 aromatic carbocycles. The van der Waals surface area contributed by atoms with Crippen molar-refractivity contribution in [2.45, 2.75) is 25.5 Å². The number of nitrogens with zero attached hydrogens (tertiary/aromatic N) is 1. The zero-order valence-electron chi connectivity index (χ0n) is 12.2. The number of sulfonamides is 1. The van der Waals surface area contributed by atoms with Crippen molar-refractivity contribution < 1.29 is 13.5 Å². The van der Waals surface area contributed by atoms with Crippen LogP contribution in [0, 0.1) is 0 Å². The highest BCUT2D eigenvalue weighted by Gasteiger charge is 2.21. The predicted molar refractivity (Wildman–Crippen MR) is 88.5 cm³/mol. The molecular weight excluding hydrogens is 308 g/mol. The quantitative estimate of drug-likeness (QED) is 0.666. The van der Waals surface area contributed by atoms with Crippen LogP contribution >= 0.6 is 12.2 Å². The summed E-state index contributed by atoms with van der Waals surface area (Å²) in [5, 5.41) is 9.03. The lowest BCUT2D eigenvalue weighted by atomic mass is 10.1. The van der Waals surface area contributed by atoms with E-state index in [2.05, 4.69) is 0 Å². The molecule has 7 heteroatoms. The Kier molecular flexibility index (Phi) is 7.24. The van der Waals surface area contributed by atoms with Crippen LogP contribution in [0.5, 0.6) is 0 Å². The molecule has 0 aliphatic heterocycles. The number of aliphatic hydroxyl groups is 1. The Balaban J connectivity index is 2.83. The molecule has 21 heavy (non-hydrogen) atoms. The molecule has 0 heterocycles. The topological polar surface area (TPSA) is 83.6 Å². The van der Waals surface area contributed by atoms with E-state index in [0.717, 1.165) is 12.8 Å². The van der Waals surface area contributed by atoms with E-state index in [1.54, 1.807) is 24.3 Å². The lowest BCUT2D eigenvalue weighted by Crippen LogP contribution is -2.35. The fraction of sp³-hybridized carbons (Fsp3) is 0.500. The van der Waals surface area contributed by atoms with E-state index in [9.17, 15) is 8.42 Å². The minimum Gasteiger partial charge on any atom is -0.395 e. The van der Waals surface area contributed by atoms with E-state index in [-0.39, 0.29) is 23.9 Å². The van der Waals surface area contributed by atoms with Crippen LogP contribution in [0.3, 0.4) is 0 Å². The molecule has 0 atom stereocenters. The van der Waals surface area contributed by atoms with E-state index in [0.29, 0.717) is 17.7 Å². The van der Waals surface area contributed by atoms with Gasteiger partial charge in [0.1, 0.15) is 4.99 Å². The second-order valence-corrected chi connectivity index (χ2v) is 7.20. The predicted octanol–water partition coefficient (Wildman–Crippen LogP) is 1.24. The Morgan fingerprint density at radius 1 is 1.29 bits per heavy atom. The fourth-order valence-electron chi connectivity index (χ4n) is 1.90. The third kappa shape index (κ3) is 5.70. The minimum atomic E-state index is -3.43. The lowest BCUT2D eigenvalue weighted by Gasteiger charge is -2.21. The summed E-state index contributed by atoms with van der Waals surface area (Å²) in [6, 6.07) is 6.86. The molecule has 1 rings (SSSR count). The normalized spacial score (nSPS) is 11.8. The van der Waals surface area contributed by atoms with Gasteiger partial charge in [-0.2, -0.15) is 4.31 Å². The molecule has 5 nitrogen and oxygen atoms in total. The van der Waals surface area contributed by atoms with Gasteiger partial charge in [-0.3, -0.25) is 0 Å². The van der Waals surface area contributed by atoms with Crippen molar-refractivity contribution >= 4 is 27.2 Å². The van der Waals surface area contributed by atoms with Gasteiger partial charge in [0.05, 0.1) is 12.4 Å². The zero-order valence-corrected chi connectivity index (χ0v) is 13.8. The second kappa shape index (κ2) is 8.43. The van der Waals surface area contributed by atoms with Gasteiger partial charge in [-0.1, -0.05) is 49.8 Å². The molecule has 0 bridgehead atoms. The Morgan fingerprint density at radius 3 is 2.38 bits per heavy atom. The SMILES string of the molecule is CCCCN(CCO)S(=O)(=O)Cc1ccc(C(N)=S)cc1. The molecule has 0 saturated heterocycles. The molecule has 0 spiro atoms. The van der Waals surface area contributed by atoms with Gasteiger partial charge in [0.15, 0.2) is 0 Å². The highest BCUT2D eigenvalue weighted by atomic mass is 32.2. The number of unbranched alkanes of at least 4 members (excludes halogenated alkanes) is 1. The Morgan fingerprint density at radius 2 is 1.90 bits per heavy atom. The van der Waals surface area contributed by atoms with Gasteiger partial charge in [-0.05, 0) is 12.0 Å². The van der Waals surface area contributed by atoms with Gasteiger partial charge in [0.2, 0.25) is 10.0 Å². The summed E-state index contributed by atoms with van der Waals surface area (Å²) in [5.41, 5.74) is 6.90. The zero-order chi connectivity index (χ0) is 15.9. The standard InChI is InChI=1S/C14H22N2O3S2/c1-2-3-8-16(9-10-17)21(18,19)11-12-4-6-13(7-5-12)14(15)20/h4-7,17H,2-3,8-11H2,1H3,(H2,15,20). The number of benzene rings is 1. The molecule has 0 amide bonds. The van der Waals surface area contributed by atoms with Gasteiger partial charge in [0.25, 0.3) is 0 Å². The monoisotopic (exact) mass is 330 g/mol. The Bertz CT molecular complexity index is 556. The van der Waals surface area contributed by atoms with Crippen LogP contribution in [-0.4, -0.2) is 42.5 Å². The van der Waals surface area contributed by atoms with Crippen molar-refractivity contribution in [3.8, 4) is 0 Å². The summed E-state index contributed by atoms with van der Waals surface area (Å²) in [6.07, 6.45) is 1.68. The molecule has 3 N–H and O–H groups in total. The van der Waals surface area contributed by atoms with Crippen molar-refractivity contribution in [2.24, 2.45) is 5.73 Å². The van der Waals surface area contributed by atoms with Crippen LogP contribution in [0.2, 0.25) is 0 Å². The lowest BCUT2D eigenvalue weighted by molar-refractivity contribution is 0.252. The van der Waals surface area contributed by atoms with E-state index in [1.165, 1.54) is 4.31 Å². The van der Waals surface area contributed by atoms with Crippen LogP contribution in [-0.2, 0) is 15.8 Å². The van der Waals surface area contributed by atoms with Crippen LogP contribution in [0.4, 0.5) is 0 Å². The highest BCUT2D eigenvalue weighted by molar-refractivity contribution is 7.88. The number of rotatable bonds is 9. The second-order valence-electron chi connectivity index (χ2n) is 4.79. The average molecular weight is 330 g/mol. The van der Waals surface area contributed by atoms with Crippen LogP contribution in [0.15, 0.2) is 24.3 Å². The highest BCUT2D eigenvalue weighted by Crippen LogP contribution is 2.13. The van der Waals surface area contributed by atoms with Crippen molar-refractivity contribution in [3.05, 3.63) is 35.4 Å². The number of hydrogen-bond acceptors (Lipinski definition) is 4. The van der Waals surface area contributed by atoms with Crippen LogP contribution < -0.4 is 5.73 Å². The Hall–Kier alpha value is -1.02. The summed E-state index contributed by atoms with van der Waals surface area (Å²) < 4.78 is 26.1.